The third-order valence-corrected chi connectivity index (χ3v) is 2.65. The lowest BCUT2D eigenvalue weighted by Gasteiger charge is -2.02. The summed E-state index contributed by atoms with van der Waals surface area (Å²) < 4.78 is 5.54. The third-order valence-electron chi connectivity index (χ3n) is 2.65. The molecule has 72 valence electrons. The molecule has 1 aromatic heterocycles. The molecule has 1 aliphatic rings. The predicted molar refractivity (Wildman–Crippen MR) is 48.5 cm³/mol. The molecule has 1 N–H and O–H groups in total. The summed E-state index contributed by atoms with van der Waals surface area (Å²) in [6, 6.07) is 0. The average molecular weight is 181 g/mol. The molecule has 0 spiro atoms. The van der Waals surface area contributed by atoms with Crippen LogP contribution in [0, 0.1) is 0 Å². The lowest BCUT2D eigenvalue weighted by Crippen LogP contribution is -1.90. The highest BCUT2D eigenvalue weighted by Gasteiger charge is 2.20. The number of aromatic nitrogens is 1. The Balaban J connectivity index is 2.03. The predicted octanol–water partition coefficient (Wildman–Crippen LogP) is 1.87. The van der Waals surface area contributed by atoms with Crippen molar-refractivity contribution < 1.29 is 9.52 Å². The molecule has 0 atom stereocenters. The standard InChI is InChI=1S/C10H15NO2/c12-6-5-10-11-7-9(13-10)8-3-1-2-4-8/h7-8,12H,1-6H2. The maximum Gasteiger partial charge on any atom is 0.196 e. The fourth-order valence-corrected chi connectivity index (χ4v) is 1.93. The first-order chi connectivity index (χ1) is 6.40. The Hall–Kier alpha value is -0.830. The monoisotopic (exact) mass is 181 g/mol. The van der Waals surface area contributed by atoms with Gasteiger partial charge in [-0.3, -0.25) is 0 Å². The largest absolute Gasteiger partial charge is 0.445 e. The fourth-order valence-electron chi connectivity index (χ4n) is 1.93. The summed E-state index contributed by atoms with van der Waals surface area (Å²) in [5, 5.41) is 8.69. The van der Waals surface area contributed by atoms with Crippen molar-refractivity contribution in [2.75, 3.05) is 6.61 Å². The number of hydrogen-bond acceptors (Lipinski definition) is 3. The molecular weight excluding hydrogens is 166 g/mol. The van der Waals surface area contributed by atoms with Crippen LogP contribution in [0.2, 0.25) is 0 Å². The highest BCUT2D eigenvalue weighted by molar-refractivity contribution is 5.03. The van der Waals surface area contributed by atoms with Crippen molar-refractivity contribution in [3.05, 3.63) is 17.8 Å². The molecule has 0 aromatic carbocycles. The van der Waals surface area contributed by atoms with E-state index in [1.807, 2.05) is 6.20 Å². The Morgan fingerprint density at radius 2 is 2.23 bits per heavy atom. The van der Waals surface area contributed by atoms with Crippen LogP contribution in [0.4, 0.5) is 0 Å². The topological polar surface area (TPSA) is 46.3 Å². The van der Waals surface area contributed by atoms with Crippen molar-refractivity contribution in [2.45, 2.75) is 38.0 Å². The number of rotatable bonds is 3. The molecule has 1 heterocycles. The summed E-state index contributed by atoms with van der Waals surface area (Å²) in [7, 11) is 0. The minimum Gasteiger partial charge on any atom is -0.445 e. The highest BCUT2D eigenvalue weighted by Crippen LogP contribution is 2.34. The third kappa shape index (κ3) is 1.91. The second-order valence-corrected chi connectivity index (χ2v) is 3.61. The Bertz CT molecular complexity index is 264. The molecule has 0 bridgehead atoms. The molecule has 0 saturated heterocycles. The first kappa shape index (κ1) is 8.75. The smallest absolute Gasteiger partial charge is 0.196 e. The Labute approximate surface area is 77.8 Å². The van der Waals surface area contributed by atoms with E-state index in [4.69, 9.17) is 9.52 Å². The molecule has 0 aliphatic heterocycles. The van der Waals surface area contributed by atoms with Crippen molar-refractivity contribution in [2.24, 2.45) is 0 Å². The van der Waals surface area contributed by atoms with Gasteiger partial charge in [-0.15, -0.1) is 0 Å². The van der Waals surface area contributed by atoms with E-state index in [2.05, 4.69) is 4.98 Å². The van der Waals surface area contributed by atoms with Crippen LogP contribution in [-0.2, 0) is 6.42 Å². The second-order valence-electron chi connectivity index (χ2n) is 3.61. The van der Waals surface area contributed by atoms with Gasteiger partial charge in [0, 0.05) is 12.3 Å². The molecular formula is C10H15NO2. The number of oxazole rings is 1. The number of hydrogen-bond donors (Lipinski definition) is 1. The maximum atomic E-state index is 8.69. The SMILES string of the molecule is OCCc1ncc(C2CCCC2)o1. The van der Waals surface area contributed by atoms with E-state index < -0.39 is 0 Å². The van der Waals surface area contributed by atoms with Crippen molar-refractivity contribution in [3.63, 3.8) is 0 Å². The average Bonchev–Trinajstić information content (AvgIpc) is 2.70. The Morgan fingerprint density at radius 1 is 1.46 bits per heavy atom. The first-order valence-corrected chi connectivity index (χ1v) is 4.95. The summed E-state index contributed by atoms with van der Waals surface area (Å²) >= 11 is 0. The van der Waals surface area contributed by atoms with Crippen LogP contribution in [0.5, 0.6) is 0 Å². The van der Waals surface area contributed by atoms with E-state index in [1.165, 1.54) is 25.7 Å². The minimum absolute atomic E-state index is 0.116. The summed E-state index contributed by atoms with van der Waals surface area (Å²) in [5.74, 6) is 2.27. The summed E-state index contributed by atoms with van der Waals surface area (Å²) in [4.78, 5) is 4.12. The lowest BCUT2D eigenvalue weighted by molar-refractivity contribution is 0.281. The van der Waals surface area contributed by atoms with Crippen LogP contribution >= 0.6 is 0 Å². The zero-order chi connectivity index (χ0) is 9.10. The molecule has 3 heteroatoms. The van der Waals surface area contributed by atoms with Gasteiger partial charge in [0.1, 0.15) is 5.76 Å². The van der Waals surface area contributed by atoms with Crippen molar-refractivity contribution in [1.29, 1.82) is 0 Å². The van der Waals surface area contributed by atoms with E-state index in [9.17, 15) is 0 Å². The van der Waals surface area contributed by atoms with Crippen LogP contribution in [0.25, 0.3) is 0 Å². The quantitative estimate of drug-likeness (QED) is 0.774. The van der Waals surface area contributed by atoms with E-state index in [-0.39, 0.29) is 6.61 Å². The van der Waals surface area contributed by atoms with Crippen LogP contribution in [0.3, 0.4) is 0 Å². The molecule has 1 aromatic rings. The highest BCUT2D eigenvalue weighted by atomic mass is 16.4. The van der Waals surface area contributed by atoms with E-state index in [0.29, 0.717) is 18.2 Å². The second kappa shape index (κ2) is 3.92. The van der Waals surface area contributed by atoms with E-state index >= 15 is 0 Å². The number of aliphatic hydroxyl groups excluding tert-OH is 1. The summed E-state index contributed by atoms with van der Waals surface area (Å²) in [5.41, 5.74) is 0. The molecule has 0 amide bonds. The van der Waals surface area contributed by atoms with Gasteiger partial charge in [0.15, 0.2) is 5.89 Å². The van der Waals surface area contributed by atoms with Gasteiger partial charge >= 0.3 is 0 Å². The summed E-state index contributed by atoms with van der Waals surface area (Å²) in [6.45, 7) is 0.116. The summed E-state index contributed by atoms with van der Waals surface area (Å²) in [6.07, 6.45) is 7.43. The molecule has 0 unspecified atom stereocenters. The van der Waals surface area contributed by atoms with Crippen LogP contribution < -0.4 is 0 Å². The van der Waals surface area contributed by atoms with Crippen molar-refractivity contribution in [1.82, 2.24) is 4.98 Å². The zero-order valence-electron chi connectivity index (χ0n) is 7.70. The van der Waals surface area contributed by atoms with Gasteiger partial charge < -0.3 is 9.52 Å². The number of nitrogens with zero attached hydrogens (tertiary/aromatic N) is 1. The molecule has 3 nitrogen and oxygen atoms in total. The van der Waals surface area contributed by atoms with Crippen molar-refractivity contribution >= 4 is 0 Å². The van der Waals surface area contributed by atoms with Gasteiger partial charge in [-0.2, -0.15) is 0 Å². The van der Waals surface area contributed by atoms with Crippen LogP contribution in [0.15, 0.2) is 10.6 Å². The molecule has 0 radical (unpaired) electrons. The lowest BCUT2D eigenvalue weighted by atomic mass is 10.1. The van der Waals surface area contributed by atoms with Gasteiger partial charge in [-0.05, 0) is 12.8 Å². The molecule has 1 fully saturated rings. The maximum absolute atomic E-state index is 8.69. The van der Waals surface area contributed by atoms with Gasteiger partial charge in [0.05, 0.1) is 12.8 Å². The normalized spacial score (nSPS) is 18.2. The molecule has 2 rings (SSSR count). The van der Waals surface area contributed by atoms with Crippen molar-refractivity contribution in [3.8, 4) is 0 Å². The molecule has 13 heavy (non-hydrogen) atoms. The first-order valence-electron chi connectivity index (χ1n) is 4.95. The van der Waals surface area contributed by atoms with Gasteiger partial charge in [0.2, 0.25) is 0 Å². The van der Waals surface area contributed by atoms with E-state index in [1.54, 1.807) is 0 Å². The number of aliphatic hydroxyl groups is 1. The van der Waals surface area contributed by atoms with Crippen LogP contribution in [-0.4, -0.2) is 16.7 Å². The van der Waals surface area contributed by atoms with E-state index in [0.717, 1.165) is 5.76 Å². The fraction of sp³-hybridized carbons (Fsp3) is 0.700. The van der Waals surface area contributed by atoms with Gasteiger partial charge in [0.25, 0.3) is 0 Å². The Morgan fingerprint density at radius 3 is 2.92 bits per heavy atom. The Kier molecular flexibility index (Phi) is 2.64. The van der Waals surface area contributed by atoms with Crippen LogP contribution in [0.1, 0.15) is 43.3 Å². The zero-order valence-corrected chi connectivity index (χ0v) is 7.70. The molecule has 1 saturated carbocycles. The van der Waals surface area contributed by atoms with Gasteiger partial charge in [-0.1, -0.05) is 12.8 Å². The molecule has 1 aliphatic carbocycles. The van der Waals surface area contributed by atoms with Gasteiger partial charge in [-0.25, -0.2) is 4.98 Å². The minimum atomic E-state index is 0.116.